The molecule has 4 heteroatoms. The number of nitrogens with one attached hydrogen (secondary N) is 1. The first kappa shape index (κ1) is 7.08. The van der Waals surface area contributed by atoms with E-state index in [2.05, 4.69) is 16.9 Å². The third-order valence-corrected chi connectivity index (χ3v) is 2.13. The van der Waals surface area contributed by atoms with E-state index in [1.165, 1.54) is 11.3 Å². The van der Waals surface area contributed by atoms with E-state index in [4.69, 9.17) is 5.73 Å². The highest BCUT2D eigenvalue weighted by atomic mass is 32.1. The minimum absolute atomic E-state index is 0.569. The van der Waals surface area contributed by atoms with Gasteiger partial charge in [-0.3, -0.25) is 0 Å². The molecule has 0 spiro atoms. The predicted octanol–water partition coefficient (Wildman–Crippen LogP) is 1.11. The second kappa shape index (κ2) is 2.70. The maximum Gasteiger partial charge on any atom is 0.182 e. The number of anilines is 1. The molecule has 1 aromatic rings. The smallest absolute Gasteiger partial charge is 0.182 e. The van der Waals surface area contributed by atoms with Crippen molar-refractivity contribution < 1.29 is 0 Å². The Hall–Kier alpha value is -1.03. The summed E-state index contributed by atoms with van der Waals surface area (Å²) in [6.07, 6.45) is 1.71. The third kappa shape index (κ3) is 1.27. The van der Waals surface area contributed by atoms with Crippen LogP contribution in [0.3, 0.4) is 0 Å². The lowest BCUT2D eigenvalue weighted by molar-refractivity contribution is 1.36. The normalized spacial score (nSPS) is 9.30. The van der Waals surface area contributed by atoms with E-state index in [0.29, 0.717) is 5.70 Å². The molecule has 0 saturated carbocycles. The molecule has 54 valence electrons. The van der Waals surface area contributed by atoms with E-state index >= 15 is 0 Å². The number of nitrogens with zero attached hydrogens (tertiary/aromatic N) is 1. The Morgan fingerprint density at radius 3 is 2.90 bits per heavy atom. The van der Waals surface area contributed by atoms with Gasteiger partial charge in [0.25, 0.3) is 0 Å². The second-order valence-corrected chi connectivity index (χ2v) is 2.84. The van der Waals surface area contributed by atoms with Crippen molar-refractivity contribution in [2.45, 2.75) is 0 Å². The van der Waals surface area contributed by atoms with Crippen LogP contribution < -0.4 is 11.1 Å². The number of hydrogen-bond acceptors (Lipinski definition) is 4. The number of aromatic nitrogens is 1. The van der Waals surface area contributed by atoms with E-state index in [-0.39, 0.29) is 0 Å². The van der Waals surface area contributed by atoms with Crippen LogP contribution in [0.2, 0.25) is 0 Å². The average Bonchev–Trinajstić information content (AvgIpc) is 2.34. The van der Waals surface area contributed by atoms with E-state index in [0.717, 1.165) is 10.0 Å². The molecule has 0 atom stereocenters. The first-order valence-corrected chi connectivity index (χ1v) is 3.64. The molecule has 0 amide bonds. The molecule has 3 nitrogen and oxygen atoms in total. The standard InChI is InChI=1S/C6H9N3S/c1-4(7)5-3-9-6(8-2)10-5/h3H,1,7H2,2H3,(H,8,9). The van der Waals surface area contributed by atoms with Gasteiger partial charge in [0, 0.05) is 18.9 Å². The average molecular weight is 155 g/mol. The third-order valence-electron chi connectivity index (χ3n) is 1.04. The topological polar surface area (TPSA) is 50.9 Å². The summed E-state index contributed by atoms with van der Waals surface area (Å²) in [6.45, 7) is 3.59. The molecular weight excluding hydrogens is 146 g/mol. The van der Waals surface area contributed by atoms with Gasteiger partial charge in [-0.05, 0) is 0 Å². The molecule has 0 radical (unpaired) electrons. The molecule has 1 heterocycles. The fraction of sp³-hybridized carbons (Fsp3) is 0.167. The van der Waals surface area contributed by atoms with Gasteiger partial charge >= 0.3 is 0 Å². The summed E-state index contributed by atoms with van der Waals surface area (Å²) in [5, 5.41) is 3.78. The van der Waals surface area contributed by atoms with Gasteiger partial charge in [0.1, 0.15) is 0 Å². The highest BCUT2D eigenvalue weighted by Gasteiger charge is 1.98. The van der Waals surface area contributed by atoms with Gasteiger partial charge in [-0.25, -0.2) is 4.98 Å². The summed E-state index contributed by atoms with van der Waals surface area (Å²) in [5.41, 5.74) is 6.00. The van der Waals surface area contributed by atoms with Crippen molar-refractivity contribution in [3.8, 4) is 0 Å². The van der Waals surface area contributed by atoms with Crippen molar-refractivity contribution in [2.24, 2.45) is 5.73 Å². The van der Waals surface area contributed by atoms with Gasteiger partial charge in [-0.2, -0.15) is 0 Å². The summed E-state index contributed by atoms with van der Waals surface area (Å²) < 4.78 is 0. The van der Waals surface area contributed by atoms with Gasteiger partial charge in [0.15, 0.2) is 5.13 Å². The molecule has 0 aromatic carbocycles. The quantitative estimate of drug-likeness (QED) is 0.672. The van der Waals surface area contributed by atoms with Crippen LogP contribution in [0.4, 0.5) is 5.13 Å². The zero-order valence-electron chi connectivity index (χ0n) is 5.72. The van der Waals surface area contributed by atoms with Crippen molar-refractivity contribution in [3.05, 3.63) is 17.7 Å². The largest absolute Gasteiger partial charge is 0.398 e. The van der Waals surface area contributed by atoms with Crippen LogP contribution in [0, 0.1) is 0 Å². The molecule has 0 saturated heterocycles. The number of rotatable bonds is 2. The molecule has 0 aliphatic heterocycles. The Labute approximate surface area is 63.6 Å². The molecule has 0 aliphatic rings. The van der Waals surface area contributed by atoms with Crippen molar-refractivity contribution in [2.75, 3.05) is 12.4 Å². The van der Waals surface area contributed by atoms with Crippen LogP contribution in [0.5, 0.6) is 0 Å². The van der Waals surface area contributed by atoms with E-state index < -0.39 is 0 Å². The molecule has 10 heavy (non-hydrogen) atoms. The van der Waals surface area contributed by atoms with Crippen molar-refractivity contribution in [3.63, 3.8) is 0 Å². The fourth-order valence-corrected chi connectivity index (χ4v) is 1.19. The van der Waals surface area contributed by atoms with Gasteiger partial charge in [0.05, 0.1) is 4.88 Å². The van der Waals surface area contributed by atoms with Crippen LogP contribution >= 0.6 is 11.3 Å². The molecule has 1 rings (SSSR count). The minimum Gasteiger partial charge on any atom is -0.398 e. The van der Waals surface area contributed by atoms with Gasteiger partial charge in [0.2, 0.25) is 0 Å². The summed E-state index contributed by atoms with van der Waals surface area (Å²) in [7, 11) is 1.82. The maximum atomic E-state index is 5.43. The van der Waals surface area contributed by atoms with Crippen LogP contribution in [0.25, 0.3) is 5.70 Å². The van der Waals surface area contributed by atoms with Crippen LogP contribution in [0.1, 0.15) is 4.88 Å². The minimum atomic E-state index is 0.569. The highest BCUT2D eigenvalue weighted by molar-refractivity contribution is 7.16. The zero-order valence-corrected chi connectivity index (χ0v) is 6.53. The van der Waals surface area contributed by atoms with E-state index in [9.17, 15) is 0 Å². The van der Waals surface area contributed by atoms with E-state index in [1.807, 2.05) is 7.05 Å². The molecule has 0 unspecified atom stereocenters. The molecule has 0 bridgehead atoms. The van der Waals surface area contributed by atoms with Crippen molar-refractivity contribution >= 4 is 22.2 Å². The van der Waals surface area contributed by atoms with Crippen LogP contribution in [0.15, 0.2) is 12.8 Å². The number of thiazole rings is 1. The first-order valence-electron chi connectivity index (χ1n) is 2.82. The number of hydrogen-bond donors (Lipinski definition) is 2. The predicted molar refractivity (Wildman–Crippen MR) is 44.9 cm³/mol. The second-order valence-electron chi connectivity index (χ2n) is 1.80. The lowest BCUT2D eigenvalue weighted by Gasteiger charge is -1.89. The maximum absolute atomic E-state index is 5.43. The van der Waals surface area contributed by atoms with Crippen molar-refractivity contribution in [1.82, 2.24) is 4.98 Å². The first-order chi connectivity index (χ1) is 4.74. The van der Waals surface area contributed by atoms with Gasteiger partial charge < -0.3 is 11.1 Å². The fourth-order valence-electron chi connectivity index (χ4n) is 0.538. The summed E-state index contributed by atoms with van der Waals surface area (Å²) in [4.78, 5) is 4.94. The molecule has 3 N–H and O–H groups in total. The lowest BCUT2D eigenvalue weighted by atomic mass is 10.4. The Kier molecular flexibility index (Phi) is 1.91. The molecule has 1 aromatic heterocycles. The van der Waals surface area contributed by atoms with Crippen molar-refractivity contribution in [1.29, 1.82) is 0 Å². The monoisotopic (exact) mass is 155 g/mol. The molecule has 0 aliphatic carbocycles. The van der Waals surface area contributed by atoms with Crippen LogP contribution in [-0.2, 0) is 0 Å². The number of nitrogens with two attached hydrogens (primary N) is 1. The summed E-state index contributed by atoms with van der Waals surface area (Å²) in [6, 6.07) is 0. The summed E-state index contributed by atoms with van der Waals surface area (Å²) in [5.74, 6) is 0. The summed E-state index contributed by atoms with van der Waals surface area (Å²) >= 11 is 1.49. The SMILES string of the molecule is C=C(N)c1cnc(NC)s1. The van der Waals surface area contributed by atoms with Gasteiger partial charge in [-0.15, -0.1) is 0 Å². The Morgan fingerprint density at radius 1 is 1.90 bits per heavy atom. The Balaban J connectivity index is 2.88. The molecular formula is C6H9N3S. The Bertz CT molecular complexity index is 241. The van der Waals surface area contributed by atoms with Crippen LogP contribution in [-0.4, -0.2) is 12.0 Å². The Morgan fingerprint density at radius 2 is 2.60 bits per heavy atom. The van der Waals surface area contributed by atoms with Gasteiger partial charge in [-0.1, -0.05) is 17.9 Å². The zero-order chi connectivity index (χ0) is 7.56. The molecule has 0 fully saturated rings. The van der Waals surface area contributed by atoms with E-state index in [1.54, 1.807) is 6.20 Å². The lowest BCUT2D eigenvalue weighted by Crippen LogP contribution is -1.88. The highest BCUT2D eigenvalue weighted by Crippen LogP contribution is 2.20.